The van der Waals surface area contributed by atoms with Crippen molar-refractivity contribution >= 4 is 11.8 Å². The zero-order valence-electron chi connectivity index (χ0n) is 16.3. The number of aromatic nitrogens is 1. The van der Waals surface area contributed by atoms with Gasteiger partial charge in [-0.05, 0) is 38.3 Å². The molecule has 1 aliphatic rings. The summed E-state index contributed by atoms with van der Waals surface area (Å²) in [6, 6.07) is 4.20. The molecule has 1 fully saturated rings. The zero-order valence-corrected chi connectivity index (χ0v) is 16.3. The quantitative estimate of drug-likeness (QED) is 0.843. The Balaban J connectivity index is 1.98. The first-order valence-corrected chi connectivity index (χ1v) is 9.70. The maximum absolute atomic E-state index is 12.7. The standard InChI is InChI=1S/C20H32N4O2/c1-4-24(5-2)20(26)17-9-6-10-18(15-23(3)19(25)12-17)22-14-16-8-7-11-21-13-16/h7-8,11,13,17-18,22H,4-6,9-10,12,14-15H2,1-3H3. The van der Waals surface area contributed by atoms with Crippen molar-refractivity contribution in [2.75, 3.05) is 26.7 Å². The van der Waals surface area contributed by atoms with E-state index in [4.69, 9.17) is 0 Å². The molecule has 144 valence electrons. The summed E-state index contributed by atoms with van der Waals surface area (Å²) < 4.78 is 0. The van der Waals surface area contributed by atoms with Crippen molar-refractivity contribution in [3.63, 3.8) is 0 Å². The molecule has 1 aliphatic heterocycles. The predicted octanol–water partition coefficient (Wildman–Crippen LogP) is 2.06. The van der Waals surface area contributed by atoms with Gasteiger partial charge < -0.3 is 15.1 Å². The van der Waals surface area contributed by atoms with Gasteiger partial charge >= 0.3 is 0 Å². The second kappa shape index (κ2) is 10.3. The number of hydrogen-bond acceptors (Lipinski definition) is 4. The number of hydrogen-bond donors (Lipinski definition) is 1. The van der Waals surface area contributed by atoms with E-state index in [2.05, 4.69) is 10.3 Å². The van der Waals surface area contributed by atoms with Crippen molar-refractivity contribution in [3.05, 3.63) is 30.1 Å². The Hall–Kier alpha value is -1.95. The highest BCUT2D eigenvalue weighted by Gasteiger charge is 2.29. The fourth-order valence-electron chi connectivity index (χ4n) is 3.54. The summed E-state index contributed by atoms with van der Waals surface area (Å²) in [4.78, 5) is 33.0. The molecule has 2 atom stereocenters. The summed E-state index contributed by atoms with van der Waals surface area (Å²) in [5.74, 6) is -0.00831. The topological polar surface area (TPSA) is 65.5 Å². The first kappa shape index (κ1) is 20.4. The molecular weight excluding hydrogens is 328 g/mol. The predicted molar refractivity (Wildman–Crippen MR) is 102 cm³/mol. The molecule has 0 radical (unpaired) electrons. The van der Waals surface area contributed by atoms with Gasteiger partial charge in [0.05, 0.1) is 0 Å². The Morgan fingerprint density at radius 3 is 2.77 bits per heavy atom. The number of pyridine rings is 1. The van der Waals surface area contributed by atoms with Crippen LogP contribution in [0.15, 0.2) is 24.5 Å². The summed E-state index contributed by atoms with van der Waals surface area (Å²) in [5.41, 5.74) is 1.14. The number of rotatable bonds is 6. The monoisotopic (exact) mass is 360 g/mol. The van der Waals surface area contributed by atoms with Crippen molar-refractivity contribution in [3.8, 4) is 0 Å². The molecule has 0 saturated carbocycles. The molecule has 1 N–H and O–H groups in total. The van der Waals surface area contributed by atoms with Crippen molar-refractivity contribution in [2.24, 2.45) is 5.92 Å². The summed E-state index contributed by atoms with van der Waals surface area (Å²) in [6.45, 7) is 6.79. The first-order chi connectivity index (χ1) is 12.5. The van der Waals surface area contributed by atoms with Crippen LogP contribution in [0.4, 0.5) is 0 Å². The minimum absolute atomic E-state index is 0.0607. The molecule has 2 rings (SSSR count). The van der Waals surface area contributed by atoms with Gasteiger partial charge in [-0.2, -0.15) is 0 Å². The molecule has 0 aliphatic carbocycles. The van der Waals surface area contributed by atoms with E-state index in [1.165, 1.54) is 0 Å². The van der Waals surface area contributed by atoms with Crippen LogP contribution >= 0.6 is 0 Å². The molecule has 6 nitrogen and oxygen atoms in total. The smallest absolute Gasteiger partial charge is 0.226 e. The molecule has 0 spiro atoms. The van der Waals surface area contributed by atoms with E-state index in [-0.39, 0.29) is 23.8 Å². The number of nitrogens with zero attached hydrogens (tertiary/aromatic N) is 3. The van der Waals surface area contributed by atoms with Gasteiger partial charge in [0.15, 0.2) is 0 Å². The largest absolute Gasteiger partial charge is 0.344 e. The molecule has 2 unspecified atom stereocenters. The Kier molecular flexibility index (Phi) is 8.04. The van der Waals surface area contributed by atoms with Crippen molar-refractivity contribution in [2.45, 2.75) is 52.1 Å². The average molecular weight is 361 g/mol. The number of carbonyl (C=O) groups excluding carboxylic acids is 2. The fourth-order valence-corrected chi connectivity index (χ4v) is 3.54. The van der Waals surface area contributed by atoms with E-state index in [0.29, 0.717) is 26.1 Å². The highest BCUT2D eigenvalue weighted by atomic mass is 16.2. The van der Waals surface area contributed by atoms with Crippen LogP contribution in [-0.2, 0) is 16.1 Å². The third-order valence-corrected chi connectivity index (χ3v) is 5.19. The van der Waals surface area contributed by atoms with Crippen molar-refractivity contribution < 1.29 is 9.59 Å². The summed E-state index contributed by atoms with van der Waals surface area (Å²) in [7, 11) is 1.84. The van der Waals surface area contributed by atoms with E-state index in [0.717, 1.165) is 31.4 Å². The van der Waals surface area contributed by atoms with E-state index in [1.54, 1.807) is 11.1 Å². The van der Waals surface area contributed by atoms with Crippen LogP contribution in [0.5, 0.6) is 0 Å². The highest BCUT2D eigenvalue weighted by molar-refractivity contribution is 5.85. The molecule has 2 heterocycles. The molecule has 1 saturated heterocycles. The van der Waals surface area contributed by atoms with Crippen LogP contribution in [-0.4, -0.2) is 59.3 Å². The van der Waals surface area contributed by atoms with Gasteiger partial charge in [-0.3, -0.25) is 14.6 Å². The molecule has 2 amide bonds. The minimum atomic E-state index is -0.193. The van der Waals surface area contributed by atoms with Gasteiger partial charge in [-0.15, -0.1) is 0 Å². The number of likely N-dealkylation sites (N-methyl/N-ethyl adjacent to an activating group) is 1. The Morgan fingerprint density at radius 2 is 2.12 bits per heavy atom. The third-order valence-electron chi connectivity index (χ3n) is 5.19. The zero-order chi connectivity index (χ0) is 18.9. The molecular formula is C20H32N4O2. The Labute approximate surface area is 157 Å². The van der Waals surface area contributed by atoms with Crippen LogP contribution in [0, 0.1) is 5.92 Å². The molecule has 26 heavy (non-hydrogen) atoms. The van der Waals surface area contributed by atoms with Crippen molar-refractivity contribution in [1.82, 2.24) is 20.1 Å². The number of amides is 2. The highest BCUT2D eigenvalue weighted by Crippen LogP contribution is 2.21. The number of carbonyl (C=O) groups is 2. The lowest BCUT2D eigenvalue weighted by molar-refractivity contribution is -0.140. The molecule has 6 heteroatoms. The maximum Gasteiger partial charge on any atom is 0.226 e. The lowest BCUT2D eigenvalue weighted by Crippen LogP contribution is -2.42. The number of nitrogens with one attached hydrogen (secondary N) is 1. The Morgan fingerprint density at radius 1 is 1.35 bits per heavy atom. The van der Waals surface area contributed by atoms with Gasteiger partial charge in [-0.25, -0.2) is 0 Å². The van der Waals surface area contributed by atoms with E-state index >= 15 is 0 Å². The average Bonchev–Trinajstić information content (AvgIpc) is 2.72. The minimum Gasteiger partial charge on any atom is -0.344 e. The van der Waals surface area contributed by atoms with Gasteiger partial charge in [0.25, 0.3) is 0 Å². The molecule has 1 aromatic heterocycles. The van der Waals surface area contributed by atoms with Crippen LogP contribution in [0.25, 0.3) is 0 Å². The Bertz CT molecular complexity index is 574. The van der Waals surface area contributed by atoms with Crippen LogP contribution in [0.2, 0.25) is 0 Å². The second-order valence-electron chi connectivity index (χ2n) is 7.06. The molecule has 0 aromatic carbocycles. The van der Waals surface area contributed by atoms with Crippen LogP contribution < -0.4 is 5.32 Å². The lowest BCUT2D eigenvalue weighted by atomic mass is 9.95. The normalized spacial score (nSPS) is 21.7. The van der Waals surface area contributed by atoms with Crippen molar-refractivity contribution in [1.29, 1.82) is 0 Å². The van der Waals surface area contributed by atoms with E-state index < -0.39 is 0 Å². The molecule has 0 bridgehead atoms. The molecule has 1 aromatic rings. The SMILES string of the molecule is CCN(CC)C(=O)C1CCCC(NCc2cccnc2)CN(C)C(=O)C1. The van der Waals surface area contributed by atoms with Gasteiger partial charge in [0.2, 0.25) is 11.8 Å². The second-order valence-corrected chi connectivity index (χ2v) is 7.06. The summed E-state index contributed by atoms with van der Waals surface area (Å²) in [5, 5.41) is 3.54. The third kappa shape index (κ3) is 5.80. The van der Waals surface area contributed by atoms with Crippen LogP contribution in [0.3, 0.4) is 0 Å². The lowest BCUT2D eigenvalue weighted by Gasteiger charge is -2.26. The van der Waals surface area contributed by atoms with Gasteiger partial charge in [0, 0.05) is 64.0 Å². The fraction of sp³-hybridized carbons (Fsp3) is 0.650. The summed E-state index contributed by atoms with van der Waals surface area (Å²) >= 11 is 0. The van der Waals surface area contributed by atoms with Gasteiger partial charge in [0.1, 0.15) is 0 Å². The van der Waals surface area contributed by atoms with E-state index in [9.17, 15) is 9.59 Å². The van der Waals surface area contributed by atoms with Gasteiger partial charge in [-0.1, -0.05) is 12.5 Å². The first-order valence-electron chi connectivity index (χ1n) is 9.70. The van der Waals surface area contributed by atoms with E-state index in [1.807, 2.05) is 44.1 Å². The van der Waals surface area contributed by atoms with Crippen LogP contribution in [0.1, 0.15) is 45.1 Å². The maximum atomic E-state index is 12.7. The summed E-state index contributed by atoms with van der Waals surface area (Å²) in [6.07, 6.45) is 6.63.